The smallest absolute Gasteiger partial charge is 0.209 e. The largest absolute Gasteiger partial charge is 0.353 e. The third-order valence-corrected chi connectivity index (χ3v) is 3.75. The second kappa shape index (κ2) is 6.60. The van der Waals surface area contributed by atoms with Crippen LogP contribution in [-0.2, 0) is 4.79 Å². The number of hydrogen-bond acceptors (Lipinski definition) is 5. The number of aryl methyl sites for hydroxylation is 1. The average molecular weight is 315 g/mol. The molecule has 1 aliphatic heterocycles. The Hall–Kier alpha value is -2.70. The first-order valence-corrected chi connectivity index (χ1v) is 7.47. The minimum atomic E-state index is -0.329. The molecule has 1 aliphatic rings. The molecular formula is C16H18FN5O. The molecule has 3 rings (SSSR count). The third kappa shape index (κ3) is 3.56. The molecular weight excluding hydrogens is 297 g/mol. The highest BCUT2D eigenvalue weighted by atomic mass is 19.1. The molecule has 0 radical (unpaired) electrons. The first-order chi connectivity index (χ1) is 11.2. The van der Waals surface area contributed by atoms with Crippen LogP contribution in [0, 0.1) is 12.7 Å². The minimum Gasteiger partial charge on any atom is -0.353 e. The van der Waals surface area contributed by atoms with Crippen LogP contribution in [0.1, 0.15) is 5.82 Å². The molecule has 1 N–H and O–H groups in total. The Bertz CT molecular complexity index is 701. The number of carbonyl (C=O) groups is 1. The maximum atomic E-state index is 13.8. The molecule has 0 aliphatic carbocycles. The standard InChI is InChI=1S/C16H18FN5O/c1-12-18-15(20-14-5-3-2-4-13(14)17)10-16(19-12)22-8-6-21(11-23)7-9-22/h2-5,10-11H,6-9H2,1H3,(H,18,19,20). The summed E-state index contributed by atoms with van der Waals surface area (Å²) in [5.41, 5.74) is 0.377. The summed E-state index contributed by atoms with van der Waals surface area (Å²) >= 11 is 0. The monoisotopic (exact) mass is 315 g/mol. The Morgan fingerprint density at radius 1 is 1.17 bits per heavy atom. The van der Waals surface area contributed by atoms with E-state index in [2.05, 4.69) is 20.2 Å². The van der Waals surface area contributed by atoms with Gasteiger partial charge < -0.3 is 15.1 Å². The molecule has 1 saturated heterocycles. The number of halogens is 1. The highest BCUT2D eigenvalue weighted by Crippen LogP contribution is 2.22. The van der Waals surface area contributed by atoms with Crippen LogP contribution in [0.3, 0.4) is 0 Å². The highest BCUT2D eigenvalue weighted by molar-refractivity contribution is 5.60. The second-order valence-electron chi connectivity index (χ2n) is 5.39. The van der Waals surface area contributed by atoms with Crippen molar-refractivity contribution in [2.75, 3.05) is 36.4 Å². The van der Waals surface area contributed by atoms with E-state index in [1.165, 1.54) is 6.07 Å². The van der Waals surface area contributed by atoms with Gasteiger partial charge in [0, 0.05) is 32.2 Å². The number of carbonyl (C=O) groups excluding carboxylic acids is 1. The molecule has 0 atom stereocenters. The van der Waals surface area contributed by atoms with Crippen LogP contribution < -0.4 is 10.2 Å². The van der Waals surface area contributed by atoms with E-state index < -0.39 is 0 Å². The minimum absolute atomic E-state index is 0.329. The number of para-hydroxylation sites is 1. The summed E-state index contributed by atoms with van der Waals surface area (Å²) in [7, 11) is 0. The molecule has 120 valence electrons. The topological polar surface area (TPSA) is 61.4 Å². The van der Waals surface area contributed by atoms with Gasteiger partial charge in [0.2, 0.25) is 6.41 Å². The molecule has 1 amide bonds. The van der Waals surface area contributed by atoms with Crippen molar-refractivity contribution in [3.63, 3.8) is 0 Å². The van der Waals surface area contributed by atoms with Crippen LogP contribution in [0.5, 0.6) is 0 Å². The molecule has 0 saturated carbocycles. The SMILES string of the molecule is Cc1nc(Nc2ccccc2F)cc(N2CCN(C=O)CC2)n1. The maximum Gasteiger partial charge on any atom is 0.209 e. The third-order valence-electron chi connectivity index (χ3n) is 3.75. The van der Waals surface area contributed by atoms with Crippen molar-refractivity contribution in [3.05, 3.63) is 42.0 Å². The van der Waals surface area contributed by atoms with Gasteiger partial charge in [-0.05, 0) is 19.1 Å². The predicted octanol–water partition coefficient (Wildman–Crippen LogP) is 1.95. The van der Waals surface area contributed by atoms with Gasteiger partial charge >= 0.3 is 0 Å². The summed E-state index contributed by atoms with van der Waals surface area (Å²) in [4.78, 5) is 23.4. The molecule has 0 spiro atoms. The van der Waals surface area contributed by atoms with Crippen molar-refractivity contribution in [2.45, 2.75) is 6.92 Å². The average Bonchev–Trinajstić information content (AvgIpc) is 2.56. The Balaban J connectivity index is 1.80. The normalized spacial score (nSPS) is 14.7. The number of anilines is 3. The van der Waals surface area contributed by atoms with Gasteiger partial charge in [-0.15, -0.1) is 0 Å². The molecule has 2 aromatic rings. The number of aromatic nitrogens is 2. The van der Waals surface area contributed by atoms with Crippen LogP contribution >= 0.6 is 0 Å². The number of benzene rings is 1. The van der Waals surface area contributed by atoms with Gasteiger partial charge in [-0.25, -0.2) is 14.4 Å². The summed E-state index contributed by atoms with van der Waals surface area (Å²) < 4.78 is 13.8. The second-order valence-corrected chi connectivity index (χ2v) is 5.39. The molecule has 23 heavy (non-hydrogen) atoms. The number of amides is 1. The van der Waals surface area contributed by atoms with Gasteiger partial charge in [0.15, 0.2) is 0 Å². The first-order valence-electron chi connectivity index (χ1n) is 7.47. The van der Waals surface area contributed by atoms with E-state index in [0.29, 0.717) is 43.5 Å². The fourth-order valence-corrected chi connectivity index (χ4v) is 2.53. The predicted molar refractivity (Wildman–Crippen MR) is 86.3 cm³/mol. The number of piperazine rings is 1. The number of nitrogens with zero attached hydrogens (tertiary/aromatic N) is 4. The van der Waals surface area contributed by atoms with Crippen molar-refractivity contribution in [3.8, 4) is 0 Å². The van der Waals surface area contributed by atoms with Gasteiger partial charge in [-0.2, -0.15) is 0 Å². The number of rotatable bonds is 4. The Morgan fingerprint density at radius 2 is 1.91 bits per heavy atom. The van der Waals surface area contributed by atoms with Gasteiger partial charge in [0.05, 0.1) is 5.69 Å². The molecule has 1 aromatic heterocycles. The molecule has 1 fully saturated rings. The van der Waals surface area contributed by atoms with E-state index >= 15 is 0 Å². The van der Waals surface area contributed by atoms with Crippen molar-refractivity contribution in [2.24, 2.45) is 0 Å². The Labute approximate surface area is 134 Å². The van der Waals surface area contributed by atoms with Gasteiger partial charge in [0.1, 0.15) is 23.3 Å². The van der Waals surface area contributed by atoms with Crippen LogP contribution in [-0.4, -0.2) is 47.5 Å². The summed E-state index contributed by atoms with van der Waals surface area (Å²) in [5.74, 6) is 1.61. The Morgan fingerprint density at radius 3 is 2.61 bits per heavy atom. The zero-order chi connectivity index (χ0) is 16.2. The quantitative estimate of drug-likeness (QED) is 0.874. The fraction of sp³-hybridized carbons (Fsp3) is 0.312. The van der Waals surface area contributed by atoms with E-state index in [1.807, 2.05) is 0 Å². The lowest BCUT2D eigenvalue weighted by molar-refractivity contribution is -0.118. The summed E-state index contributed by atoms with van der Waals surface area (Å²) in [5, 5.41) is 2.99. The van der Waals surface area contributed by atoms with Gasteiger partial charge in [-0.3, -0.25) is 4.79 Å². The van der Waals surface area contributed by atoms with Gasteiger partial charge in [0.25, 0.3) is 0 Å². The van der Waals surface area contributed by atoms with Crippen molar-refractivity contribution in [1.29, 1.82) is 0 Å². The molecule has 7 heteroatoms. The zero-order valence-electron chi connectivity index (χ0n) is 12.9. The molecule has 2 heterocycles. The maximum absolute atomic E-state index is 13.8. The Kier molecular flexibility index (Phi) is 4.36. The molecule has 6 nitrogen and oxygen atoms in total. The summed E-state index contributed by atoms with van der Waals surface area (Å²) in [6.07, 6.45) is 0.869. The molecule has 0 bridgehead atoms. The van der Waals surface area contributed by atoms with E-state index in [1.54, 1.807) is 36.1 Å². The van der Waals surface area contributed by atoms with Crippen LogP contribution in [0.2, 0.25) is 0 Å². The van der Waals surface area contributed by atoms with E-state index in [9.17, 15) is 9.18 Å². The molecule has 0 unspecified atom stereocenters. The van der Waals surface area contributed by atoms with Gasteiger partial charge in [-0.1, -0.05) is 12.1 Å². The first kappa shape index (κ1) is 15.2. The van der Waals surface area contributed by atoms with Crippen molar-refractivity contribution < 1.29 is 9.18 Å². The lowest BCUT2D eigenvalue weighted by atomic mass is 10.3. The van der Waals surface area contributed by atoms with Crippen molar-refractivity contribution in [1.82, 2.24) is 14.9 Å². The highest BCUT2D eigenvalue weighted by Gasteiger charge is 2.18. The summed E-state index contributed by atoms with van der Waals surface area (Å²) in [6.45, 7) is 4.58. The molecule has 1 aromatic carbocycles. The van der Waals surface area contributed by atoms with Crippen LogP contribution in [0.15, 0.2) is 30.3 Å². The number of nitrogens with one attached hydrogen (secondary N) is 1. The fourth-order valence-electron chi connectivity index (χ4n) is 2.53. The van der Waals surface area contributed by atoms with Crippen molar-refractivity contribution >= 4 is 23.7 Å². The zero-order valence-corrected chi connectivity index (χ0v) is 12.9. The van der Waals surface area contributed by atoms with Crippen LogP contribution in [0.25, 0.3) is 0 Å². The van der Waals surface area contributed by atoms with E-state index in [4.69, 9.17) is 0 Å². The van der Waals surface area contributed by atoms with E-state index in [0.717, 1.165) is 12.2 Å². The lowest BCUT2D eigenvalue weighted by Crippen LogP contribution is -2.46. The van der Waals surface area contributed by atoms with Crippen LogP contribution in [0.4, 0.5) is 21.7 Å². The summed E-state index contributed by atoms with van der Waals surface area (Å²) in [6, 6.07) is 8.27. The lowest BCUT2D eigenvalue weighted by Gasteiger charge is -2.33. The number of hydrogen-bond donors (Lipinski definition) is 1. The van der Waals surface area contributed by atoms with E-state index in [-0.39, 0.29) is 5.82 Å².